The van der Waals surface area contributed by atoms with Gasteiger partial charge in [0, 0.05) is 12.5 Å². The normalized spacial score (nSPS) is 48.3. The fraction of sp³-hybridized carbons (Fsp3) is 0.857. The van der Waals surface area contributed by atoms with Gasteiger partial charge < -0.3 is 10.0 Å². The number of hydrogen-bond acceptors (Lipinski definition) is 2. The summed E-state index contributed by atoms with van der Waals surface area (Å²) < 4.78 is 0. The molecule has 0 unspecified atom stereocenters. The predicted octanol–water partition coefficient (Wildman–Crippen LogP) is 1.50. The van der Waals surface area contributed by atoms with Crippen LogP contribution in [0.1, 0.15) is 38.5 Å². The first-order valence-corrected chi connectivity index (χ1v) is 7.19. The van der Waals surface area contributed by atoms with Crippen molar-refractivity contribution < 1.29 is 14.7 Å². The highest BCUT2D eigenvalue weighted by atomic mass is 16.4. The van der Waals surface area contributed by atoms with Crippen LogP contribution in [-0.4, -0.2) is 34.0 Å². The zero-order valence-corrected chi connectivity index (χ0v) is 10.5. The molecule has 0 radical (unpaired) electrons. The third-order valence-electron chi connectivity index (χ3n) is 5.78. The van der Waals surface area contributed by atoms with Crippen LogP contribution in [-0.2, 0) is 9.59 Å². The Morgan fingerprint density at radius 2 is 2.06 bits per heavy atom. The van der Waals surface area contributed by atoms with Crippen molar-refractivity contribution >= 4 is 11.9 Å². The highest BCUT2D eigenvalue weighted by Gasteiger charge is 2.68. The number of nitrogens with zero attached hydrogens (tertiary/aromatic N) is 1. The Labute approximate surface area is 106 Å². The van der Waals surface area contributed by atoms with E-state index in [1.165, 1.54) is 12.8 Å². The third-order valence-corrected chi connectivity index (χ3v) is 5.78. The number of carboxylic acids is 1. The standard InChI is InChI=1S/C14H19NO3/c16-12(10-4-3-8-6-11(8)10)15-5-1-2-9-7-14(9,15)13(17)18/h8-11H,1-7H2,(H,17,18)/t8-,9-,10-,11+,14+/m1/s1. The van der Waals surface area contributed by atoms with E-state index in [0.717, 1.165) is 25.2 Å². The molecule has 1 aliphatic heterocycles. The number of hydrogen-bond donors (Lipinski definition) is 1. The molecule has 3 saturated carbocycles. The Morgan fingerprint density at radius 1 is 1.22 bits per heavy atom. The van der Waals surface area contributed by atoms with E-state index in [1.807, 2.05) is 0 Å². The Balaban J connectivity index is 1.59. The Bertz CT molecular complexity index is 435. The predicted molar refractivity (Wildman–Crippen MR) is 63.7 cm³/mol. The van der Waals surface area contributed by atoms with Gasteiger partial charge in [-0.1, -0.05) is 0 Å². The second-order valence-electron chi connectivity index (χ2n) is 6.61. The molecular weight excluding hydrogens is 230 g/mol. The van der Waals surface area contributed by atoms with Crippen molar-refractivity contribution in [3.05, 3.63) is 0 Å². The lowest BCUT2D eigenvalue weighted by Gasteiger charge is -2.35. The van der Waals surface area contributed by atoms with Crippen LogP contribution in [0.5, 0.6) is 0 Å². The SMILES string of the molecule is O=C([C@@H]1CC[C@@H]2C[C@@H]21)N1CCC[C@@H]2C[C@@]21C(=O)O. The van der Waals surface area contributed by atoms with Gasteiger partial charge in [-0.05, 0) is 56.3 Å². The van der Waals surface area contributed by atoms with Crippen LogP contribution in [0.2, 0.25) is 0 Å². The minimum absolute atomic E-state index is 0.144. The Hall–Kier alpha value is -1.06. The van der Waals surface area contributed by atoms with Gasteiger partial charge in [0.25, 0.3) is 0 Å². The first-order valence-electron chi connectivity index (χ1n) is 7.19. The number of carbonyl (C=O) groups excluding carboxylic acids is 1. The van der Waals surface area contributed by atoms with Crippen LogP contribution in [0.15, 0.2) is 0 Å². The lowest BCUT2D eigenvalue weighted by Crippen LogP contribution is -2.53. The maximum atomic E-state index is 12.6. The van der Waals surface area contributed by atoms with Crippen LogP contribution in [0, 0.1) is 23.7 Å². The second-order valence-corrected chi connectivity index (χ2v) is 6.61. The Morgan fingerprint density at radius 3 is 2.67 bits per heavy atom. The molecule has 4 nitrogen and oxygen atoms in total. The van der Waals surface area contributed by atoms with Gasteiger partial charge in [0.1, 0.15) is 5.54 Å². The number of rotatable bonds is 2. The molecule has 98 valence electrons. The summed E-state index contributed by atoms with van der Waals surface area (Å²) in [6, 6.07) is 0. The van der Waals surface area contributed by atoms with Crippen LogP contribution in [0.3, 0.4) is 0 Å². The van der Waals surface area contributed by atoms with Crippen LogP contribution in [0.4, 0.5) is 0 Å². The average molecular weight is 249 g/mol. The quantitative estimate of drug-likeness (QED) is 0.806. The molecule has 18 heavy (non-hydrogen) atoms. The zero-order valence-electron chi connectivity index (χ0n) is 10.5. The number of amides is 1. The van der Waals surface area contributed by atoms with Gasteiger partial charge in [0.05, 0.1) is 0 Å². The van der Waals surface area contributed by atoms with Crippen molar-refractivity contribution in [2.24, 2.45) is 23.7 Å². The molecule has 1 amide bonds. The highest BCUT2D eigenvalue weighted by Crippen LogP contribution is 2.59. The summed E-state index contributed by atoms with van der Waals surface area (Å²) in [4.78, 5) is 25.9. The molecule has 0 aromatic rings. The van der Waals surface area contributed by atoms with Crippen molar-refractivity contribution in [3.63, 3.8) is 0 Å². The lowest BCUT2D eigenvalue weighted by molar-refractivity contribution is -0.156. The summed E-state index contributed by atoms with van der Waals surface area (Å²) in [6.07, 6.45) is 6.02. The van der Waals surface area contributed by atoms with Crippen molar-refractivity contribution in [1.82, 2.24) is 4.90 Å². The average Bonchev–Trinajstić information content (AvgIpc) is 3.24. The molecule has 3 aliphatic carbocycles. The van der Waals surface area contributed by atoms with Gasteiger partial charge in [0.2, 0.25) is 5.91 Å². The summed E-state index contributed by atoms with van der Waals surface area (Å²) in [5.41, 5.74) is -0.803. The monoisotopic (exact) mass is 249 g/mol. The smallest absolute Gasteiger partial charge is 0.329 e. The van der Waals surface area contributed by atoms with E-state index in [1.54, 1.807) is 4.90 Å². The molecule has 0 aromatic heterocycles. The van der Waals surface area contributed by atoms with E-state index in [2.05, 4.69) is 0 Å². The molecule has 4 aliphatic rings. The number of aliphatic carboxylic acids is 1. The minimum atomic E-state index is -0.803. The molecular formula is C14H19NO3. The first kappa shape index (κ1) is 10.8. The summed E-state index contributed by atoms with van der Waals surface area (Å²) in [6.45, 7) is 0.662. The molecule has 1 saturated heterocycles. The molecule has 5 atom stereocenters. The Kier molecular flexibility index (Phi) is 1.97. The van der Waals surface area contributed by atoms with Gasteiger partial charge in [-0.25, -0.2) is 4.79 Å². The van der Waals surface area contributed by atoms with Crippen LogP contribution < -0.4 is 0 Å². The molecule has 0 aromatic carbocycles. The van der Waals surface area contributed by atoms with E-state index in [0.29, 0.717) is 18.9 Å². The van der Waals surface area contributed by atoms with Gasteiger partial charge in [-0.3, -0.25) is 4.79 Å². The minimum Gasteiger partial charge on any atom is -0.479 e. The summed E-state index contributed by atoms with van der Waals surface area (Å²) >= 11 is 0. The van der Waals surface area contributed by atoms with Gasteiger partial charge in [-0.15, -0.1) is 0 Å². The summed E-state index contributed by atoms with van der Waals surface area (Å²) in [5, 5.41) is 9.48. The van der Waals surface area contributed by atoms with E-state index < -0.39 is 11.5 Å². The zero-order chi connectivity index (χ0) is 12.5. The van der Waals surface area contributed by atoms with Crippen molar-refractivity contribution in [2.75, 3.05) is 6.54 Å². The summed E-state index contributed by atoms with van der Waals surface area (Å²) in [7, 11) is 0. The first-order chi connectivity index (χ1) is 8.64. The third kappa shape index (κ3) is 1.21. The summed E-state index contributed by atoms with van der Waals surface area (Å²) in [5.74, 6) is 1.12. The lowest BCUT2D eigenvalue weighted by atomic mass is 9.96. The van der Waals surface area contributed by atoms with Crippen molar-refractivity contribution in [3.8, 4) is 0 Å². The topological polar surface area (TPSA) is 57.6 Å². The fourth-order valence-corrected chi connectivity index (χ4v) is 4.58. The van der Waals surface area contributed by atoms with Crippen molar-refractivity contribution in [2.45, 2.75) is 44.1 Å². The van der Waals surface area contributed by atoms with Gasteiger partial charge in [-0.2, -0.15) is 0 Å². The van der Waals surface area contributed by atoms with Crippen LogP contribution >= 0.6 is 0 Å². The highest BCUT2D eigenvalue weighted by molar-refractivity contribution is 5.91. The van der Waals surface area contributed by atoms with E-state index in [9.17, 15) is 14.7 Å². The molecule has 1 N–H and O–H groups in total. The number of piperidine rings is 1. The molecule has 0 bridgehead atoms. The number of carbonyl (C=O) groups is 2. The van der Waals surface area contributed by atoms with E-state index in [-0.39, 0.29) is 17.7 Å². The molecule has 4 fully saturated rings. The number of fused-ring (bicyclic) bond motifs is 2. The van der Waals surface area contributed by atoms with Gasteiger partial charge >= 0.3 is 5.97 Å². The van der Waals surface area contributed by atoms with E-state index >= 15 is 0 Å². The van der Waals surface area contributed by atoms with Crippen LogP contribution in [0.25, 0.3) is 0 Å². The van der Waals surface area contributed by atoms with Gasteiger partial charge in [0.15, 0.2) is 0 Å². The fourth-order valence-electron chi connectivity index (χ4n) is 4.58. The second kappa shape index (κ2) is 3.28. The maximum Gasteiger partial charge on any atom is 0.329 e. The molecule has 4 heteroatoms. The molecule has 4 rings (SSSR count). The van der Waals surface area contributed by atoms with E-state index in [4.69, 9.17) is 0 Å². The largest absolute Gasteiger partial charge is 0.479 e. The number of likely N-dealkylation sites (tertiary alicyclic amines) is 1. The maximum absolute atomic E-state index is 12.6. The van der Waals surface area contributed by atoms with Crippen molar-refractivity contribution in [1.29, 1.82) is 0 Å². The number of carboxylic acid groups (broad SMARTS) is 1. The molecule has 0 spiro atoms. The molecule has 1 heterocycles.